The van der Waals surface area contributed by atoms with E-state index in [1.165, 1.54) is 23.4 Å². The Kier molecular flexibility index (Phi) is 13.0. The average molecular weight is 321 g/mol. The second-order valence-corrected chi connectivity index (χ2v) is 6.40. The van der Waals surface area contributed by atoms with Gasteiger partial charge in [0.25, 0.3) is 0 Å². The van der Waals surface area contributed by atoms with Crippen LogP contribution in [-0.2, 0) is 4.79 Å². The highest BCUT2D eigenvalue weighted by molar-refractivity contribution is 8.14. The minimum Gasteiger partial charge on any atom is -0.282 e. The molecule has 0 spiro atoms. The quantitative estimate of drug-likeness (QED) is 0.276. The van der Waals surface area contributed by atoms with E-state index in [2.05, 4.69) is 38.0 Å². The van der Waals surface area contributed by atoms with E-state index in [1.807, 2.05) is 19.1 Å². The molecule has 0 aromatic rings. The summed E-state index contributed by atoms with van der Waals surface area (Å²) in [4.78, 5) is 12.0. The van der Waals surface area contributed by atoms with E-state index in [0.717, 1.165) is 29.3 Å². The van der Waals surface area contributed by atoms with E-state index in [0.29, 0.717) is 0 Å². The predicted molar refractivity (Wildman–Crippen MR) is 101 cm³/mol. The van der Waals surface area contributed by atoms with Gasteiger partial charge in [-0.1, -0.05) is 73.5 Å². The highest BCUT2D eigenvalue weighted by Crippen LogP contribution is 2.18. The molecular weight excluding hydrogens is 296 g/mol. The third kappa shape index (κ3) is 12.3. The van der Waals surface area contributed by atoms with Gasteiger partial charge in [0, 0.05) is 11.5 Å². The van der Waals surface area contributed by atoms with Crippen molar-refractivity contribution in [3.63, 3.8) is 0 Å². The van der Waals surface area contributed by atoms with Crippen molar-refractivity contribution < 1.29 is 4.79 Å². The van der Waals surface area contributed by atoms with Gasteiger partial charge in [-0.2, -0.15) is 0 Å². The Labute approximate surface area is 137 Å². The third-order valence-corrected chi connectivity index (χ3v) is 4.37. The molecule has 0 N–H and O–H groups in total. The largest absolute Gasteiger partial charge is 0.282 e. The first-order valence-corrected chi connectivity index (χ1v) is 8.82. The van der Waals surface area contributed by atoms with Gasteiger partial charge in [-0.05, 0) is 30.7 Å². The van der Waals surface area contributed by atoms with Crippen molar-refractivity contribution in [2.45, 2.75) is 19.8 Å². The summed E-state index contributed by atoms with van der Waals surface area (Å²) in [5, 5.41) is 0.0359. The number of rotatable bonds is 11. The molecular formula is C18H24OS2. The smallest absolute Gasteiger partial charge is 0.211 e. The Balaban J connectivity index is 3.91. The molecule has 0 saturated carbocycles. The van der Waals surface area contributed by atoms with Crippen LogP contribution in [0.4, 0.5) is 0 Å². The van der Waals surface area contributed by atoms with Gasteiger partial charge in [0.15, 0.2) is 0 Å². The maximum absolute atomic E-state index is 11.0. The molecule has 0 bridgehead atoms. The SMILES string of the molecule is C=CC(=C)SCCC(/C=C\C=C\CCSC(=O)C=C)=C/C. The van der Waals surface area contributed by atoms with Crippen LogP contribution in [-0.4, -0.2) is 16.6 Å². The van der Waals surface area contributed by atoms with E-state index < -0.39 is 0 Å². The first-order valence-electron chi connectivity index (χ1n) is 6.85. The molecule has 0 aliphatic rings. The van der Waals surface area contributed by atoms with Crippen LogP contribution in [0.1, 0.15) is 19.8 Å². The van der Waals surface area contributed by atoms with E-state index in [9.17, 15) is 4.79 Å². The number of thioether (sulfide) groups is 2. The Morgan fingerprint density at radius 3 is 2.48 bits per heavy atom. The molecule has 0 aromatic heterocycles. The van der Waals surface area contributed by atoms with Crippen LogP contribution in [0.2, 0.25) is 0 Å². The van der Waals surface area contributed by atoms with Crippen molar-refractivity contribution in [1.29, 1.82) is 0 Å². The fourth-order valence-electron chi connectivity index (χ4n) is 1.32. The zero-order valence-electron chi connectivity index (χ0n) is 12.7. The molecule has 0 fully saturated rings. The van der Waals surface area contributed by atoms with Crippen molar-refractivity contribution in [1.82, 2.24) is 0 Å². The van der Waals surface area contributed by atoms with Gasteiger partial charge < -0.3 is 0 Å². The number of allylic oxidation sites excluding steroid dienone is 7. The normalized spacial score (nSPS) is 12.0. The zero-order chi connectivity index (χ0) is 15.9. The van der Waals surface area contributed by atoms with Crippen LogP contribution in [0, 0.1) is 0 Å². The highest BCUT2D eigenvalue weighted by Gasteiger charge is 1.94. The topological polar surface area (TPSA) is 17.1 Å². The van der Waals surface area contributed by atoms with E-state index in [4.69, 9.17) is 0 Å². The lowest BCUT2D eigenvalue weighted by molar-refractivity contribution is -0.107. The molecule has 114 valence electrons. The summed E-state index contributed by atoms with van der Waals surface area (Å²) in [6.45, 7) is 13.1. The fourth-order valence-corrected chi connectivity index (χ4v) is 2.61. The van der Waals surface area contributed by atoms with Crippen molar-refractivity contribution >= 4 is 28.6 Å². The molecule has 3 heteroatoms. The van der Waals surface area contributed by atoms with Gasteiger partial charge in [-0.3, -0.25) is 4.79 Å². The van der Waals surface area contributed by atoms with Crippen molar-refractivity contribution in [2.24, 2.45) is 0 Å². The first kappa shape index (κ1) is 19.8. The van der Waals surface area contributed by atoms with Gasteiger partial charge in [-0.15, -0.1) is 11.8 Å². The van der Waals surface area contributed by atoms with Crippen LogP contribution >= 0.6 is 23.5 Å². The number of carbonyl (C=O) groups is 1. The Morgan fingerprint density at radius 1 is 1.10 bits per heavy atom. The molecule has 0 saturated heterocycles. The minimum absolute atomic E-state index is 0.0359. The maximum atomic E-state index is 11.0. The average Bonchev–Trinajstić information content (AvgIpc) is 2.51. The summed E-state index contributed by atoms with van der Waals surface area (Å²) in [6.07, 6.45) is 15.4. The Hall–Kier alpha value is -1.19. The first-order chi connectivity index (χ1) is 10.1. The molecule has 1 nitrogen and oxygen atoms in total. The lowest BCUT2D eigenvalue weighted by Gasteiger charge is -2.01. The summed E-state index contributed by atoms with van der Waals surface area (Å²) < 4.78 is 0. The summed E-state index contributed by atoms with van der Waals surface area (Å²) in [6, 6.07) is 0. The molecule has 0 heterocycles. The number of carbonyl (C=O) groups excluding carboxylic acids is 1. The monoisotopic (exact) mass is 320 g/mol. The minimum atomic E-state index is 0.0359. The molecule has 0 aromatic carbocycles. The van der Waals surface area contributed by atoms with Crippen molar-refractivity contribution in [3.05, 3.63) is 72.7 Å². The molecule has 0 aliphatic carbocycles. The van der Waals surface area contributed by atoms with Gasteiger partial charge in [0.2, 0.25) is 5.12 Å². The van der Waals surface area contributed by atoms with E-state index in [1.54, 1.807) is 17.8 Å². The molecule has 0 amide bonds. The summed E-state index contributed by atoms with van der Waals surface area (Å²) in [5.74, 6) is 1.81. The van der Waals surface area contributed by atoms with E-state index >= 15 is 0 Å². The molecule has 0 aliphatic heterocycles. The maximum Gasteiger partial charge on any atom is 0.211 e. The lowest BCUT2D eigenvalue weighted by Crippen LogP contribution is -1.85. The number of hydrogen-bond acceptors (Lipinski definition) is 3. The van der Waals surface area contributed by atoms with Crippen molar-refractivity contribution in [3.8, 4) is 0 Å². The summed E-state index contributed by atoms with van der Waals surface area (Å²) >= 11 is 3.03. The third-order valence-electron chi connectivity index (χ3n) is 2.53. The fraction of sp³-hybridized carbons (Fsp3) is 0.278. The van der Waals surface area contributed by atoms with Gasteiger partial charge in [-0.25, -0.2) is 0 Å². The van der Waals surface area contributed by atoms with Gasteiger partial charge in [0.1, 0.15) is 0 Å². The molecule has 21 heavy (non-hydrogen) atoms. The van der Waals surface area contributed by atoms with Crippen LogP contribution in [0.25, 0.3) is 0 Å². The van der Waals surface area contributed by atoms with E-state index in [-0.39, 0.29) is 5.12 Å². The lowest BCUT2D eigenvalue weighted by atomic mass is 10.2. The second-order valence-electron chi connectivity index (χ2n) is 4.08. The highest BCUT2D eigenvalue weighted by atomic mass is 32.2. The van der Waals surface area contributed by atoms with Gasteiger partial charge in [0.05, 0.1) is 0 Å². The van der Waals surface area contributed by atoms with Crippen molar-refractivity contribution in [2.75, 3.05) is 11.5 Å². The van der Waals surface area contributed by atoms with Crippen LogP contribution < -0.4 is 0 Å². The zero-order valence-corrected chi connectivity index (χ0v) is 14.3. The Morgan fingerprint density at radius 2 is 1.86 bits per heavy atom. The van der Waals surface area contributed by atoms with Crippen LogP contribution in [0.5, 0.6) is 0 Å². The number of hydrogen-bond donors (Lipinski definition) is 0. The molecule has 0 radical (unpaired) electrons. The molecule has 0 rings (SSSR count). The standard InChI is InChI=1S/C18H24OS2/c1-5-16(4)20-15-13-17(6-2)12-10-8-9-11-14-21-18(19)7-3/h5-10,12H,1,3-4,11,13-15H2,2H3/b9-8+,12-10-,17-6+. The molecule has 0 unspecified atom stereocenters. The predicted octanol–water partition coefficient (Wildman–Crippen LogP) is 5.70. The van der Waals surface area contributed by atoms with Crippen LogP contribution in [0.15, 0.2) is 72.7 Å². The molecule has 0 atom stereocenters. The van der Waals surface area contributed by atoms with Gasteiger partial charge >= 0.3 is 0 Å². The second kappa shape index (κ2) is 13.8. The van der Waals surface area contributed by atoms with Crippen LogP contribution in [0.3, 0.4) is 0 Å². The summed E-state index contributed by atoms with van der Waals surface area (Å²) in [5.41, 5.74) is 1.31. The Bertz CT molecular complexity index is 442. The summed E-state index contributed by atoms with van der Waals surface area (Å²) in [7, 11) is 0.